The number of likely N-dealkylation sites (tertiary alicyclic amines) is 1. The van der Waals surface area contributed by atoms with E-state index < -0.39 is 0 Å². The molecule has 2 N–H and O–H groups in total. The third-order valence-electron chi connectivity index (χ3n) is 6.52. The highest BCUT2D eigenvalue weighted by molar-refractivity contribution is 5.94. The summed E-state index contributed by atoms with van der Waals surface area (Å²) < 4.78 is 0. The SMILES string of the molecule is O=C(NCC1(C2CC2)CC1)c1ccc(CN2CCC(CO)CC2)cc1. The second-order valence-corrected chi connectivity index (χ2v) is 8.42. The number of carbonyl (C=O) groups is 1. The number of hydrogen-bond acceptors (Lipinski definition) is 3. The van der Waals surface area contributed by atoms with Crippen molar-refractivity contribution in [2.45, 2.75) is 45.1 Å². The van der Waals surface area contributed by atoms with Gasteiger partial charge >= 0.3 is 0 Å². The normalized spacial score (nSPS) is 23.4. The highest BCUT2D eigenvalue weighted by Crippen LogP contribution is 2.60. The summed E-state index contributed by atoms with van der Waals surface area (Å²) in [6.45, 7) is 4.22. The Bertz CT molecular complexity index is 597. The van der Waals surface area contributed by atoms with Gasteiger partial charge in [0.25, 0.3) is 5.91 Å². The molecule has 2 saturated carbocycles. The first-order valence-corrected chi connectivity index (χ1v) is 9.89. The molecule has 0 radical (unpaired) electrons. The minimum absolute atomic E-state index is 0.0715. The Morgan fingerprint density at radius 3 is 2.36 bits per heavy atom. The minimum atomic E-state index is 0.0715. The fourth-order valence-electron chi connectivity index (χ4n) is 4.29. The molecule has 4 rings (SSSR count). The smallest absolute Gasteiger partial charge is 0.251 e. The van der Waals surface area contributed by atoms with Gasteiger partial charge in [-0.2, -0.15) is 0 Å². The van der Waals surface area contributed by atoms with Gasteiger partial charge in [-0.25, -0.2) is 0 Å². The molecule has 4 heteroatoms. The van der Waals surface area contributed by atoms with Crippen LogP contribution in [-0.4, -0.2) is 42.2 Å². The summed E-state index contributed by atoms with van der Waals surface area (Å²) in [4.78, 5) is 14.8. The summed E-state index contributed by atoms with van der Waals surface area (Å²) in [6, 6.07) is 8.09. The van der Waals surface area contributed by atoms with Crippen LogP contribution in [0.5, 0.6) is 0 Å². The predicted octanol–water partition coefficient (Wildman–Crippen LogP) is 2.81. The van der Waals surface area contributed by atoms with E-state index in [1.54, 1.807) is 0 Å². The van der Waals surface area contributed by atoms with Crippen LogP contribution in [0.1, 0.15) is 54.4 Å². The third kappa shape index (κ3) is 4.06. The summed E-state index contributed by atoms with van der Waals surface area (Å²) in [5, 5.41) is 12.4. The lowest BCUT2D eigenvalue weighted by Crippen LogP contribution is -2.34. The molecule has 3 fully saturated rings. The van der Waals surface area contributed by atoms with Crippen LogP contribution in [0.2, 0.25) is 0 Å². The van der Waals surface area contributed by atoms with Crippen molar-refractivity contribution in [2.75, 3.05) is 26.2 Å². The topological polar surface area (TPSA) is 52.6 Å². The van der Waals surface area contributed by atoms with Crippen LogP contribution in [0, 0.1) is 17.3 Å². The molecule has 0 aromatic heterocycles. The standard InChI is InChI=1S/C21H30N2O2/c24-14-17-7-11-23(12-8-17)13-16-1-3-18(4-2-16)20(25)22-15-21(9-10-21)19-5-6-19/h1-4,17,19,24H,5-15H2,(H,22,25). The van der Waals surface area contributed by atoms with Gasteiger partial charge in [-0.05, 0) is 86.6 Å². The van der Waals surface area contributed by atoms with Crippen molar-refractivity contribution in [3.05, 3.63) is 35.4 Å². The number of aliphatic hydroxyl groups excluding tert-OH is 1. The van der Waals surface area contributed by atoms with Crippen molar-refractivity contribution in [1.82, 2.24) is 10.2 Å². The number of nitrogens with zero attached hydrogens (tertiary/aromatic N) is 1. The molecule has 1 aliphatic heterocycles. The average Bonchev–Trinajstić information content (AvgIpc) is 3.55. The number of carbonyl (C=O) groups excluding carboxylic acids is 1. The monoisotopic (exact) mass is 342 g/mol. The van der Waals surface area contributed by atoms with Gasteiger partial charge in [0.05, 0.1) is 0 Å². The maximum Gasteiger partial charge on any atom is 0.251 e. The Hall–Kier alpha value is -1.39. The molecule has 1 aromatic rings. The molecule has 25 heavy (non-hydrogen) atoms. The van der Waals surface area contributed by atoms with E-state index in [1.807, 2.05) is 12.1 Å². The van der Waals surface area contributed by atoms with Crippen molar-refractivity contribution in [2.24, 2.45) is 17.3 Å². The van der Waals surface area contributed by atoms with E-state index >= 15 is 0 Å². The average molecular weight is 342 g/mol. The molecule has 1 saturated heterocycles. The largest absolute Gasteiger partial charge is 0.396 e. The lowest BCUT2D eigenvalue weighted by Gasteiger charge is -2.31. The van der Waals surface area contributed by atoms with Crippen LogP contribution in [0.4, 0.5) is 0 Å². The molecule has 0 bridgehead atoms. The van der Waals surface area contributed by atoms with Crippen molar-refractivity contribution in [3.8, 4) is 0 Å². The van der Waals surface area contributed by atoms with Crippen LogP contribution < -0.4 is 5.32 Å². The first-order chi connectivity index (χ1) is 12.2. The number of hydrogen-bond donors (Lipinski definition) is 2. The lowest BCUT2D eigenvalue weighted by atomic mass is 9.97. The molecular weight excluding hydrogens is 312 g/mol. The van der Waals surface area contributed by atoms with Crippen molar-refractivity contribution in [3.63, 3.8) is 0 Å². The maximum atomic E-state index is 12.4. The fraction of sp³-hybridized carbons (Fsp3) is 0.667. The summed E-state index contributed by atoms with van der Waals surface area (Å²) in [7, 11) is 0. The molecule has 0 spiro atoms. The maximum absolute atomic E-state index is 12.4. The van der Waals surface area contributed by atoms with Gasteiger partial charge in [0.1, 0.15) is 0 Å². The van der Waals surface area contributed by atoms with Crippen molar-refractivity contribution >= 4 is 5.91 Å². The molecule has 1 amide bonds. The number of amides is 1. The zero-order chi connectivity index (χ0) is 17.3. The third-order valence-corrected chi connectivity index (χ3v) is 6.52. The summed E-state index contributed by atoms with van der Waals surface area (Å²) in [5.74, 6) is 1.43. The van der Waals surface area contributed by atoms with E-state index in [1.165, 1.54) is 31.2 Å². The summed E-state index contributed by atoms with van der Waals surface area (Å²) >= 11 is 0. The molecule has 4 nitrogen and oxygen atoms in total. The first kappa shape index (κ1) is 17.0. The number of piperidine rings is 1. The first-order valence-electron chi connectivity index (χ1n) is 9.89. The number of rotatable bonds is 7. The number of aliphatic hydroxyl groups is 1. The van der Waals surface area contributed by atoms with Gasteiger partial charge in [-0.15, -0.1) is 0 Å². The van der Waals surface area contributed by atoms with E-state index in [2.05, 4.69) is 22.3 Å². The molecule has 136 valence electrons. The van der Waals surface area contributed by atoms with Crippen LogP contribution in [0.3, 0.4) is 0 Å². The van der Waals surface area contributed by atoms with Crippen LogP contribution in [-0.2, 0) is 6.54 Å². The summed E-state index contributed by atoms with van der Waals surface area (Å²) in [6.07, 6.45) is 7.48. The molecule has 1 aromatic carbocycles. The highest BCUT2D eigenvalue weighted by atomic mass is 16.3. The summed E-state index contributed by atoms with van der Waals surface area (Å²) in [5.41, 5.74) is 2.49. The quantitative estimate of drug-likeness (QED) is 0.801. The molecule has 2 aliphatic carbocycles. The van der Waals surface area contributed by atoms with Crippen molar-refractivity contribution in [1.29, 1.82) is 0 Å². The van der Waals surface area contributed by atoms with Gasteiger partial charge in [-0.1, -0.05) is 12.1 Å². The second-order valence-electron chi connectivity index (χ2n) is 8.42. The van der Waals surface area contributed by atoms with Gasteiger partial charge in [0.2, 0.25) is 0 Å². The predicted molar refractivity (Wildman–Crippen MR) is 98.3 cm³/mol. The lowest BCUT2D eigenvalue weighted by molar-refractivity contribution is 0.0942. The minimum Gasteiger partial charge on any atom is -0.396 e. The molecule has 1 heterocycles. The second kappa shape index (κ2) is 7.08. The van der Waals surface area contributed by atoms with E-state index in [4.69, 9.17) is 0 Å². The van der Waals surface area contributed by atoms with Gasteiger partial charge in [-0.3, -0.25) is 9.69 Å². The molecule has 0 unspecified atom stereocenters. The van der Waals surface area contributed by atoms with E-state index in [0.717, 1.165) is 50.5 Å². The van der Waals surface area contributed by atoms with E-state index in [-0.39, 0.29) is 5.91 Å². The molecule has 0 atom stereocenters. The zero-order valence-electron chi connectivity index (χ0n) is 15.0. The number of benzene rings is 1. The van der Waals surface area contributed by atoms with Crippen LogP contribution in [0.15, 0.2) is 24.3 Å². The Kier molecular flexibility index (Phi) is 4.83. The van der Waals surface area contributed by atoms with Crippen molar-refractivity contribution < 1.29 is 9.90 Å². The fourth-order valence-corrected chi connectivity index (χ4v) is 4.29. The highest BCUT2D eigenvalue weighted by Gasteiger charge is 2.53. The van der Waals surface area contributed by atoms with E-state index in [9.17, 15) is 9.90 Å². The zero-order valence-corrected chi connectivity index (χ0v) is 15.0. The number of nitrogens with one attached hydrogen (secondary N) is 1. The Labute approximate surface area is 150 Å². The van der Waals surface area contributed by atoms with Crippen LogP contribution >= 0.6 is 0 Å². The van der Waals surface area contributed by atoms with Gasteiger partial charge in [0.15, 0.2) is 0 Å². The Balaban J connectivity index is 1.26. The Morgan fingerprint density at radius 2 is 1.80 bits per heavy atom. The molecule has 3 aliphatic rings. The van der Waals surface area contributed by atoms with Gasteiger partial charge in [0, 0.05) is 25.3 Å². The van der Waals surface area contributed by atoms with Gasteiger partial charge < -0.3 is 10.4 Å². The van der Waals surface area contributed by atoms with Crippen LogP contribution in [0.25, 0.3) is 0 Å². The van der Waals surface area contributed by atoms with E-state index in [0.29, 0.717) is 17.9 Å². The molecular formula is C21H30N2O2. The Morgan fingerprint density at radius 1 is 1.12 bits per heavy atom.